The summed E-state index contributed by atoms with van der Waals surface area (Å²) < 4.78 is 5.83. The number of hydrogen-bond acceptors (Lipinski definition) is 3. The molecule has 0 saturated carbocycles. The summed E-state index contributed by atoms with van der Waals surface area (Å²) in [6, 6.07) is 10.2. The smallest absolute Gasteiger partial charge is 0.244 e. The normalized spacial score (nSPS) is 11.4. The molecule has 0 bridgehead atoms. The molecule has 144 valence electrons. The maximum atomic E-state index is 12.3. The molecule has 2 rings (SSSR count). The first kappa shape index (κ1) is 20.7. The topological polar surface area (TPSA) is 50.7 Å². The van der Waals surface area contributed by atoms with Crippen molar-refractivity contribution in [2.45, 2.75) is 54.4 Å². The van der Waals surface area contributed by atoms with Gasteiger partial charge in [-0.1, -0.05) is 30.7 Å². The average Bonchev–Trinajstić information content (AvgIpc) is 2.61. The third-order valence-corrected chi connectivity index (χ3v) is 4.53. The van der Waals surface area contributed by atoms with E-state index in [1.54, 1.807) is 0 Å². The van der Waals surface area contributed by atoms with Crippen LogP contribution < -0.4 is 10.2 Å². The first-order chi connectivity index (χ1) is 12.8. The van der Waals surface area contributed by atoms with Gasteiger partial charge in [0.05, 0.1) is 18.7 Å². The highest BCUT2D eigenvalue weighted by Crippen LogP contribution is 2.25. The van der Waals surface area contributed by atoms with Gasteiger partial charge in [0.2, 0.25) is 5.91 Å². The maximum absolute atomic E-state index is 12.3. The summed E-state index contributed by atoms with van der Waals surface area (Å²) in [4.78, 5) is 12.3. The van der Waals surface area contributed by atoms with Crippen molar-refractivity contribution in [2.75, 3.05) is 6.61 Å². The summed E-state index contributed by atoms with van der Waals surface area (Å²) in [6.07, 6.45) is 1.30. The number of carbonyl (C=O) groups is 1. The molecule has 0 saturated heterocycles. The molecule has 0 aliphatic heterocycles. The van der Waals surface area contributed by atoms with Crippen LogP contribution in [0.25, 0.3) is 0 Å². The van der Waals surface area contributed by atoms with E-state index >= 15 is 0 Å². The number of aryl methyl sites for hydroxylation is 4. The van der Waals surface area contributed by atoms with Crippen LogP contribution in [0, 0.1) is 27.7 Å². The van der Waals surface area contributed by atoms with Crippen molar-refractivity contribution in [3.8, 4) is 5.75 Å². The van der Waals surface area contributed by atoms with Crippen LogP contribution >= 0.6 is 0 Å². The predicted octanol–water partition coefficient (Wildman–Crippen LogP) is 4.79. The molecule has 0 aliphatic carbocycles. The fourth-order valence-electron chi connectivity index (χ4n) is 3.06. The third-order valence-electron chi connectivity index (χ3n) is 4.53. The number of carbonyl (C=O) groups excluding carboxylic acids is 1. The molecule has 1 N–H and O–H groups in total. The molecule has 0 radical (unpaired) electrons. The van der Waals surface area contributed by atoms with Crippen LogP contribution in [0.2, 0.25) is 0 Å². The second kappa shape index (κ2) is 9.36. The molecule has 0 aliphatic rings. The van der Waals surface area contributed by atoms with Crippen molar-refractivity contribution in [1.29, 1.82) is 0 Å². The number of benzene rings is 2. The van der Waals surface area contributed by atoms with Crippen LogP contribution in [0.3, 0.4) is 0 Å². The van der Waals surface area contributed by atoms with E-state index < -0.39 is 0 Å². The Hall–Kier alpha value is -2.62. The van der Waals surface area contributed by atoms with Gasteiger partial charge in [0.15, 0.2) is 0 Å². The Balaban J connectivity index is 2.07. The molecule has 4 nitrogen and oxygen atoms in total. The summed E-state index contributed by atoms with van der Waals surface area (Å²) in [5, 5.41) is 4.29. The highest BCUT2D eigenvalue weighted by atomic mass is 16.5. The lowest BCUT2D eigenvalue weighted by Crippen LogP contribution is -2.21. The number of hydrazone groups is 1. The summed E-state index contributed by atoms with van der Waals surface area (Å²) in [5.41, 5.74) is 9.94. The second-order valence-corrected chi connectivity index (χ2v) is 7.13. The Labute approximate surface area is 162 Å². The molecule has 0 aromatic heterocycles. The average molecular weight is 367 g/mol. The van der Waals surface area contributed by atoms with Gasteiger partial charge in [0.1, 0.15) is 5.75 Å². The number of ether oxygens (including phenoxy) is 1. The first-order valence-corrected chi connectivity index (χ1v) is 9.45. The lowest BCUT2D eigenvalue weighted by Gasteiger charge is -2.13. The monoisotopic (exact) mass is 366 g/mol. The zero-order valence-electron chi connectivity index (χ0n) is 17.3. The van der Waals surface area contributed by atoms with Gasteiger partial charge in [-0.05, 0) is 81.0 Å². The fourth-order valence-corrected chi connectivity index (χ4v) is 3.06. The Bertz CT molecular complexity index is 830. The van der Waals surface area contributed by atoms with Crippen LogP contribution in [0.4, 0.5) is 0 Å². The molecule has 1 amide bonds. The van der Waals surface area contributed by atoms with E-state index in [1.165, 1.54) is 5.56 Å². The number of amides is 1. The van der Waals surface area contributed by atoms with E-state index in [-0.39, 0.29) is 5.91 Å². The van der Waals surface area contributed by atoms with Gasteiger partial charge in [-0.25, -0.2) is 5.43 Å². The zero-order valence-corrected chi connectivity index (χ0v) is 17.3. The van der Waals surface area contributed by atoms with Gasteiger partial charge in [-0.3, -0.25) is 4.79 Å². The maximum Gasteiger partial charge on any atom is 0.244 e. The minimum absolute atomic E-state index is 0.113. The van der Waals surface area contributed by atoms with Gasteiger partial charge in [0.25, 0.3) is 0 Å². The van der Waals surface area contributed by atoms with Crippen molar-refractivity contribution in [2.24, 2.45) is 5.10 Å². The fraction of sp³-hybridized carbons (Fsp3) is 0.391. The first-order valence-electron chi connectivity index (χ1n) is 9.45. The van der Waals surface area contributed by atoms with Crippen molar-refractivity contribution < 1.29 is 9.53 Å². The number of nitrogens with zero attached hydrogens (tertiary/aromatic N) is 1. The van der Waals surface area contributed by atoms with Gasteiger partial charge < -0.3 is 4.74 Å². The van der Waals surface area contributed by atoms with Crippen LogP contribution in [0.15, 0.2) is 35.4 Å². The van der Waals surface area contributed by atoms with Crippen LogP contribution in [0.5, 0.6) is 5.75 Å². The quantitative estimate of drug-likeness (QED) is 0.566. The number of nitrogens with one attached hydrogen (secondary N) is 1. The molecule has 0 spiro atoms. The molecule has 2 aromatic rings. The lowest BCUT2D eigenvalue weighted by atomic mass is 10.0. The van der Waals surface area contributed by atoms with Gasteiger partial charge in [-0.15, -0.1) is 0 Å². The molecule has 0 heterocycles. The standard InChI is InChI=1S/C23H30N2O2/c1-7-10-27-23-17(4)12-21(13-18(23)5)19(6)24-25-22(26)14-20-9-8-15(2)11-16(20)3/h8-9,11-13H,7,10,14H2,1-6H3,(H,25,26)/b24-19+. The van der Waals surface area contributed by atoms with Crippen molar-refractivity contribution in [3.05, 3.63) is 63.7 Å². The molecule has 0 unspecified atom stereocenters. The Morgan fingerprint density at radius 3 is 2.30 bits per heavy atom. The minimum atomic E-state index is -0.113. The van der Waals surface area contributed by atoms with E-state index in [2.05, 4.69) is 23.5 Å². The second-order valence-electron chi connectivity index (χ2n) is 7.13. The predicted molar refractivity (Wildman–Crippen MR) is 112 cm³/mol. The van der Waals surface area contributed by atoms with E-state index in [4.69, 9.17) is 4.74 Å². The SMILES string of the molecule is CCCOc1c(C)cc(/C(C)=N/NC(=O)Cc2ccc(C)cc2C)cc1C. The van der Waals surface area contributed by atoms with Crippen LogP contribution in [0.1, 0.15) is 53.6 Å². The summed E-state index contributed by atoms with van der Waals surface area (Å²) in [7, 11) is 0. The van der Waals surface area contributed by atoms with Gasteiger partial charge in [0, 0.05) is 0 Å². The van der Waals surface area contributed by atoms with Crippen molar-refractivity contribution in [1.82, 2.24) is 5.43 Å². The Morgan fingerprint density at radius 1 is 1.04 bits per heavy atom. The molecule has 0 atom stereocenters. The van der Waals surface area contributed by atoms with Crippen LogP contribution in [-0.4, -0.2) is 18.2 Å². The molecular weight excluding hydrogens is 336 g/mol. The Kier molecular flexibility index (Phi) is 7.17. The number of hydrogen-bond donors (Lipinski definition) is 1. The Morgan fingerprint density at radius 2 is 1.70 bits per heavy atom. The molecule has 2 aromatic carbocycles. The van der Waals surface area contributed by atoms with E-state index in [0.717, 1.165) is 45.7 Å². The minimum Gasteiger partial charge on any atom is -0.493 e. The van der Waals surface area contributed by atoms with E-state index in [9.17, 15) is 4.79 Å². The number of rotatable bonds is 7. The highest BCUT2D eigenvalue weighted by molar-refractivity contribution is 5.99. The zero-order chi connectivity index (χ0) is 20.0. The molecule has 0 fully saturated rings. The van der Waals surface area contributed by atoms with Gasteiger partial charge in [-0.2, -0.15) is 5.10 Å². The van der Waals surface area contributed by atoms with E-state index in [0.29, 0.717) is 13.0 Å². The van der Waals surface area contributed by atoms with Crippen molar-refractivity contribution >= 4 is 11.6 Å². The largest absolute Gasteiger partial charge is 0.493 e. The molecular formula is C23H30N2O2. The lowest BCUT2D eigenvalue weighted by molar-refractivity contribution is -0.120. The summed E-state index contributed by atoms with van der Waals surface area (Å²) >= 11 is 0. The summed E-state index contributed by atoms with van der Waals surface area (Å²) in [6.45, 7) is 12.9. The van der Waals surface area contributed by atoms with Crippen molar-refractivity contribution in [3.63, 3.8) is 0 Å². The highest BCUT2D eigenvalue weighted by Gasteiger charge is 2.09. The molecule has 4 heteroatoms. The van der Waals surface area contributed by atoms with Crippen LogP contribution in [-0.2, 0) is 11.2 Å². The molecule has 27 heavy (non-hydrogen) atoms. The van der Waals surface area contributed by atoms with Gasteiger partial charge >= 0.3 is 0 Å². The van der Waals surface area contributed by atoms with E-state index in [1.807, 2.05) is 58.9 Å². The summed E-state index contributed by atoms with van der Waals surface area (Å²) in [5.74, 6) is 0.824. The third kappa shape index (κ3) is 5.68.